The molecular formula is C37H22N2OS2. The molecule has 0 spiro atoms. The van der Waals surface area contributed by atoms with E-state index >= 15 is 0 Å². The number of fused-ring (bicyclic) bond motifs is 8. The maximum Gasteiger partial charge on any atom is 0.159 e. The van der Waals surface area contributed by atoms with Crippen LogP contribution in [0.15, 0.2) is 138 Å². The van der Waals surface area contributed by atoms with Crippen molar-refractivity contribution in [2.24, 2.45) is 0 Å². The first-order valence-corrected chi connectivity index (χ1v) is 15.5. The van der Waals surface area contributed by atoms with E-state index in [0.717, 1.165) is 55.1 Å². The summed E-state index contributed by atoms with van der Waals surface area (Å²) in [5.41, 5.74) is 7.18. The van der Waals surface area contributed by atoms with Gasteiger partial charge in [0.15, 0.2) is 5.58 Å². The Morgan fingerprint density at radius 1 is 0.548 bits per heavy atom. The Morgan fingerprint density at radius 3 is 2.17 bits per heavy atom. The average Bonchev–Trinajstić information content (AvgIpc) is 3.75. The quantitative estimate of drug-likeness (QED) is 0.209. The lowest BCUT2D eigenvalue weighted by molar-refractivity contribution is 0.669. The number of para-hydroxylation sites is 3. The van der Waals surface area contributed by atoms with Crippen molar-refractivity contribution in [2.75, 3.05) is 4.90 Å². The van der Waals surface area contributed by atoms with Crippen molar-refractivity contribution in [3.05, 3.63) is 133 Å². The van der Waals surface area contributed by atoms with E-state index in [4.69, 9.17) is 9.40 Å². The number of furan rings is 1. The summed E-state index contributed by atoms with van der Waals surface area (Å²) < 4.78 is 10.2. The summed E-state index contributed by atoms with van der Waals surface area (Å²) in [5, 5.41) is 5.74. The zero-order valence-corrected chi connectivity index (χ0v) is 24.0. The highest BCUT2D eigenvalue weighted by atomic mass is 32.1. The monoisotopic (exact) mass is 574 g/mol. The molecule has 0 aliphatic rings. The summed E-state index contributed by atoms with van der Waals surface area (Å²) in [7, 11) is 0. The van der Waals surface area contributed by atoms with E-state index in [1.54, 1.807) is 11.3 Å². The molecule has 0 amide bonds. The van der Waals surface area contributed by atoms with Gasteiger partial charge in [0.25, 0.3) is 0 Å². The number of nitrogens with zero attached hydrogens (tertiary/aromatic N) is 2. The lowest BCUT2D eigenvalue weighted by atomic mass is 10.1. The van der Waals surface area contributed by atoms with Gasteiger partial charge in [-0.3, -0.25) is 0 Å². The van der Waals surface area contributed by atoms with E-state index in [9.17, 15) is 0 Å². The first-order valence-electron chi connectivity index (χ1n) is 13.9. The Labute approximate surface area is 249 Å². The Bertz CT molecular complexity index is 2420. The summed E-state index contributed by atoms with van der Waals surface area (Å²) in [6, 6.07) is 46.9. The molecule has 6 aromatic carbocycles. The van der Waals surface area contributed by atoms with Gasteiger partial charge in [-0.2, -0.15) is 0 Å². The van der Waals surface area contributed by atoms with Crippen molar-refractivity contribution in [3.63, 3.8) is 0 Å². The predicted octanol–water partition coefficient (Wildman–Crippen LogP) is 11.7. The van der Waals surface area contributed by atoms with Gasteiger partial charge >= 0.3 is 0 Å². The molecule has 0 unspecified atom stereocenters. The minimum absolute atomic E-state index is 0.882. The second kappa shape index (κ2) is 9.28. The highest BCUT2D eigenvalue weighted by Crippen LogP contribution is 2.46. The highest BCUT2D eigenvalue weighted by Gasteiger charge is 2.21. The molecule has 3 aromatic heterocycles. The number of thiophene rings is 1. The molecule has 0 aliphatic heterocycles. The molecule has 9 rings (SSSR count). The molecular weight excluding hydrogens is 553 g/mol. The lowest BCUT2D eigenvalue weighted by Crippen LogP contribution is -2.09. The molecule has 0 aliphatic carbocycles. The molecule has 0 N–H and O–H groups in total. The third-order valence-corrected chi connectivity index (χ3v) is 10.1. The normalized spacial score (nSPS) is 11.8. The largest absolute Gasteiger partial charge is 0.454 e. The Kier molecular flexibility index (Phi) is 5.24. The SMILES string of the molecule is c1ccc(-c2nc3c(ccc4sc5ccc(N(c6ccccc6)c6cccc7c6oc6ccccc67)cc5c43)s2)cc1. The van der Waals surface area contributed by atoms with E-state index in [0.29, 0.717) is 0 Å². The van der Waals surface area contributed by atoms with Gasteiger partial charge < -0.3 is 9.32 Å². The molecule has 0 bridgehead atoms. The van der Waals surface area contributed by atoms with E-state index in [1.807, 2.05) is 29.5 Å². The maximum absolute atomic E-state index is 6.50. The Balaban J connectivity index is 1.30. The van der Waals surface area contributed by atoms with Gasteiger partial charge in [-0.15, -0.1) is 22.7 Å². The molecule has 0 saturated heterocycles. The smallest absolute Gasteiger partial charge is 0.159 e. The highest BCUT2D eigenvalue weighted by molar-refractivity contribution is 7.26. The van der Waals surface area contributed by atoms with Crippen LogP contribution in [0, 0.1) is 0 Å². The standard InChI is InChI=1S/C37H22N2OS2/c1-3-10-23(11-4-1)37-38-35-33(42-37)21-20-32-34(35)28-22-25(18-19-31(28)41-32)39(24-12-5-2-6-13-24)29-16-9-15-27-26-14-7-8-17-30(26)40-36(27)29/h1-22H. The van der Waals surface area contributed by atoms with Gasteiger partial charge in [-0.05, 0) is 54.6 Å². The molecule has 3 heterocycles. The second-order valence-electron chi connectivity index (χ2n) is 10.4. The van der Waals surface area contributed by atoms with Crippen LogP contribution in [0.2, 0.25) is 0 Å². The zero-order chi connectivity index (χ0) is 27.6. The Hall–Kier alpha value is -4.97. The molecule has 0 atom stereocenters. The molecule has 5 heteroatoms. The van der Waals surface area contributed by atoms with Crippen molar-refractivity contribution < 1.29 is 4.42 Å². The summed E-state index contributed by atoms with van der Waals surface area (Å²) in [6.45, 7) is 0. The van der Waals surface area contributed by atoms with Crippen molar-refractivity contribution in [2.45, 2.75) is 0 Å². The Morgan fingerprint density at radius 2 is 1.29 bits per heavy atom. The van der Waals surface area contributed by atoms with E-state index in [1.165, 1.54) is 24.9 Å². The fourth-order valence-electron chi connectivity index (χ4n) is 6.00. The zero-order valence-electron chi connectivity index (χ0n) is 22.3. The van der Waals surface area contributed by atoms with Gasteiger partial charge in [0.2, 0.25) is 0 Å². The van der Waals surface area contributed by atoms with Gasteiger partial charge in [0.1, 0.15) is 10.6 Å². The molecule has 3 nitrogen and oxygen atoms in total. The van der Waals surface area contributed by atoms with Crippen LogP contribution < -0.4 is 4.90 Å². The summed E-state index contributed by atoms with van der Waals surface area (Å²) in [6.07, 6.45) is 0. The average molecular weight is 575 g/mol. The van der Waals surface area contributed by atoms with Crippen LogP contribution in [-0.4, -0.2) is 4.98 Å². The minimum Gasteiger partial charge on any atom is -0.454 e. The van der Waals surface area contributed by atoms with Crippen molar-refractivity contribution in [3.8, 4) is 10.6 Å². The van der Waals surface area contributed by atoms with E-state index in [2.05, 4.69) is 120 Å². The van der Waals surface area contributed by atoms with Gasteiger partial charge in [-0.25, -0.2) is 4.98 Å². The summed E-state index contributed by atoms with van der Waals surface area (Å²) in [4.78, 5) is 7.50. The predicted molar refractivity (Wildman–Crippen MR) is 180 cm³/mol. The van der Waals surface area contributed by atoms with E-state index < -0.39 is 0 Å². The molecule has 0 fully saturated rings. The number of thiazole rings is 1. The topological polar surface area (TPSA) is 29.3 Å². The van der Waals surface area contributed by atoms with E-state index in [-0.39, 0.29) is 0 Å². The van der Waals surface area contributed by atoms with Crippen molar-refractivity contribution in [1.82, 2.24) is 4.98 Å². The van der Waals surface area contributed by atoms with Crippen LogP contribution in [0.3, 0.4) is 0 Å². The van der Waals surface area contributed by atoms with Crippen LogP contribution in [0.4, 0.5) is 17.1 Å². The number of benzene rings is 6. The van der Waals surface area contributed by atoms with Crippen LogP contribution in [0.25, 0.3) is 62.9 Å². The second-order valence-corrected chi connectivity index (χ2v) is 12.5. The number of rotatable bonds is 4. The van der Waals surface area contributed by atoms with Crippen LogP contribution in [-0.2, 0) is 0 Å². The summed E-state index contributed by atoms with van der Waals surface area (Å²) in [5.74, 6) is 0. The molecule has 0 radical (unpaired) electrons. The first-order chi connectivity index (χ1) is 20.8. The lowest BCUT2D eigenvalue weighted by Gasteiger charge is -2.25. The van der Waals surface area contributed by atoms with Gasteiger partial charge in [0.05, 0.1) is 15.9 Å². The fourth-order valence-corrected chi connectivity index (χ4v) is 8.07. The van der Waals surface area contributed by atoms with Crippen molar-refractivity contribution in [1.29, 1.82) is 0 Å². The first kappa shape index (κ1) is 23.7. The van der Waals surface area contributed by atoms with Gasteiger partial charge in [0, 0.05) is 47.9 Å². The third kappa shape index (κ3) is 3.61. The number of hydrogen-bond acceptors (Lipinski definition) is 5. The number of aromatic nitrogens is 1. The van der Waals surface area contributed by atoms with Gasteiger partial charge in [-0.1, -0.05) is 78.9 Å². The maximum atomic E-state index is 6.50. The fraction of sp³-hybridized carbons (Fsp3) is 0. The molecule has 9 aromatic rings. The van der Waals surface area contributed by atoms with Crippen LogP contribution in [0.5, 0.6) is 0 Å². The molecule has 0 saturated carbocycles. The van der Waals surface area contributed by atoms with Crippen LogP contribution in [0.1, 0.15) is 0 Å². The molecule has 198 valence electrons. The van der Waals surface area contributed by atoms with Crippen LogP contribution >= 0.6 is 22.7 Å². The third-order valence-electron chi connectivity index (χ3n) is 7.89. The summed E-state index contributed by atoms with van der Waals surface area (Å²) >= 11 is 3.58. The van der Waals surface area contributed by atoms with Crippen molar-refractivity contribution >= 4 is 92.1 Å². The minimum atomic E-state index is 0.882. The molecule has 42 heavy (non-hydrogen) atoms. The number of hydrogen-bond donors (Lipinski definition) is 0. The number of anilines is 3.